The van der Waals surface area contributed by atoms with Crippen molar-refractivity contribution < 1.29 is 23.0 Å². The van der Waals surface area contributed by atoms with Gasteiger partial charge in [0.25, 0.3) is 0 Å². The van der Waals surface area contributed by atoms with Crippen LogP contribution >= 0.6 is 0 Å². The summed E-state index contributed by atoms with van der Waals surface area (Å²) >= 11 is 0. The van der Waals surface area contributed by atoms with Gasteiger partial charge >= 0.3 is 6.61 Å². The number of carbonyl (C=O) groups is 1. The van der Waals surface area contributed by atoms with Gasteiger partial charge in [-0.2, -0.15) is 8.78 Å². The van der Waals surface area contributed by atoms with Crippen LogP contribution in [0.1, 0.15) is 50.5 Å². The first-order chi connectivity index (χ1) is 12.0. The Kier molecular flexibility index (Phi) is 7.47. The van der Waals surface area contributed by atoms with Gasteiger partial charge in [-0.1, -0.05) is 38.2 Å². The fourth-order valence-corrected chi connectivity index (χ4v) is 3.36. The Morgan fingerprint density at radius 1 is 1.24 bits per heavy atom. The van der Waals surface area contributed by atoms with Crippen molar-refractivity contribution in [2.75, 3.05) is 14.2 Å². The lowest BCUT2D eigenvalue weighted by Gasteiger charge is -2.23. The molecule has 1 aromatic carbocycles. The average Bonchev–Trinajstić information content (AvgIpc) is 2.61. The molecule has 0 N–H and O–H groups in total. The molecule has 0 spiro atoms. The van der Waals surface area contributed by atoms with E-state index in [9.17, 15) is 13.6 Å². The van der Waals surface area contributed by atoms with Crippen LogP contribution < -0.4 is 9.47 Å². The van der Waals surface area contributed by atoms with E-state index < -0.39 is 6.61 Å². The SMILES string of the molecule is COc1cc(CN(C)C(=O)CCC2CCCCC2)ccc1OC(F)F. The number of hydrogen-bond acceptors (Lipinski definition) is 3. The molecular weight excluding hydrogens is 328 g/mol. The van der Waals surface area contributed by atoms with Gasteiger partial charge < -0.3 is 14.4 Å². The average molecular weight is 355 g/mol. The van der Waals surface area contributed by atoms with Crippen LogP contribution in [0.25, 0.3) is 0 Å². The number of halogens is 2. The summed E-state index contributed by atoms with van der Waals surface area (Å²) in [4.78, 5) is 14.0. The van der Waals surface area contributed by atoms with Crippen LogP contribution in [-0.4, -0.2) is 31.6 Å². The predicted molar refractivity (Wildman–Crippen MR) is 91.9 cm³/mol. The number of amides is 1. The number of methoxy groups -OCH3 is 1. The number of benzene rings is 1. The van der Waals surface area contributed by atoms with E-state index in [2.05, 4.69) is 4.74 Å². The van der Waals surface area contributed by atoms with Gasteiger partial charge in [0, 0.05) is 20.0 Å². The minimum atomic E-state index is -2.90. The zero-order chi connectivity index (χ0) is 18.2. The van der Waals surface area contributed by atoms with Crippen LogP contribution in [0.3, 0.4) is 0 Å². The van der Waals surface area contributed by atoms with Crippen LogP contribution in [0.2, 0.25) is 0 Å². The molecule has 1 fully saturated rings. The van der Waals surface area contributed by atoms with Crippen molar-refractivity contribution in [3.63, 3.8) is 0 Å². The lowest BCUT2D eigenvalue weighted by Crippen LogP contribution is -2.26. The van der Waals surface area contributed by atoms with Crippen molar-refractivity contribution in [1.29, 1.82) is 0 Å². The quantitative estimate of drug-likeness (QED) is 0.683. The molecule has 0 aromatic heterocycles. The Bertz CT molecular complexity index is 560. The van der Waals surface area contributed by atoms with E-state index in [1.54, 1.807) is 24.1 Å². The monoisotopic (exact) mass is 355 g/mol. The Labute approximate surface area is 148 Å². The molecule has 1 amide bonds. The van der Waals surface area contributed by atoms with E-state index in [1.165, 1.54) is 45.3 Å². The highest BCUT2D eigenvalue weighted by molar-refractivity contribution is 5.75. The molecule has 1 saturated carbocycles. The second-order valence-electron chi connectivity index (χ2n) is 6.66. The van der Waals surface area contributed by atoms with E-state index in [0.717, 1.165) is 12.0 Å². The summed E-state index contributed by atoms with van der Waals surface area (Å²) in [5, 5.41) is 0. The molecule has 0 bridgehead atoms. The largest absolute Gasteiger partial charge is 0.493 e. The topological polar surface area (TPSA) is 38.8 Å². The Hall–Kier alpha value is -1.85. The zero-order valence-corrected chi connectivity index (χ0v) is 15.0. The van der Waals surface area contributed by atoms with E-state index in [1.807, 2.05) is 0 Å². The lowest BCUT2D eigenvalue weighted by atomic mass is 9.86. The van der Waals surface area contributed by atoms with Crippen molar-refractivity contribution in [1.82, 2.24) is 4.90 Å². The molecule has 1 aliphatic rings. The summed E-state index contributed by atoms with van der Waals surface area (Å²) in [7, 11) is 3.16. The maximum Gasteiger partial charge on any atom is 0.387 e. The molecule has 4 nitrogen and oxygen atoms in total. The molecule has 6 heteroatoms. The number of carbonyl (C=O) groups excluding carboxylic acids is 1. The first-order valence-electron chi connectivity index (χ1n) is 8.85. The van der Waals surface area contributed by atoms with Gasteiger partial charge in [0.05, 0.1) is 7.11 Å². The van der Waals surface area contributed by atoms with Crippen molar-refractivity contribution in [3.8, 4) is 11.5 Å². The zero-order valence-electron chi connectivity index (χ0n) is 15.0. The van der Waals surface area contributed by atoms with Gasteiger partial charge in [-0.3, -0.25) is 4.79 Å². The van der Waals surface area contributed by atoms with Gasteiger partial charge in [0.2, 0.25) is 5.91 Å². The maximum absolute atomic E-state index is 12.4. The highest BCUT2D eigenvalue weighted by atomic mass is 19.3. The summed E-state index contributed by atoms with van der Waals surface area (Å²) in [6, 6.07) is 4.74. The van der Waals surface area contributed by atoms with Crippen LogP contribution in [0.15, 0.2) is 18.2 Å². The minimum Gasteiger partial charge on any atom is -0.493 e. The van der Waals surface area contributed by atoms with Gasteiger partial charge in [-0.05, 0) is 30.0 Å². The van der Waals surface area contributed by atoms with Crippen molar-refractivity contribution >= 4 is 5.91 Å². The summed E-state index contributed by atoms with van der Waals surface area (Å²) in [5.41, 5.74) is 0.812. The predicted octanol–water partition coefficient (Wildman–Crippen LogP) is 4.62. The van der Waals surface area contributed by atoms with Crippen LogP contribution in [0.5, 0.6) is 11.5 Å². The second-order valence-corrected chi connectivity index (χ2v) is 6.66. The normalized spacial score (nSPS) is 15.2. The van der Waals surface area contributed by atoms with Crippen LogP contribution in [0.4, 0.5) is 8.78 Å². The van der Waals surface area contributed by atoms with Gasteiger partial charge in [0.1, 0.15) is 0 Å². The number of ether oxygens (including phenoxy) is 2. The molecule has 1 aliphatic carbocycles. The Morgan fingerprint density at radius 3 is 2.60 bits per heavy atom. The summed E-state index contributed by atoms with van der Waals surface area (Å²) < 4.78 is 34.2. The van der Waals surface area contributed by atoms with Crippen molar-refractivity contribution in [2.45, 2.75) is 58.1 Å². The molecule has 0 radical (unpaired) electrons. The van der Waals surface area contributed by atoms with Gasteiger partial charge in [-0.25, -0.2) is 0 Å². The van der Waals surface area contributed by atoms with Crippen molar-refractivity contribution in [3.05, 3.63) is 23.8 Å². The van der Waals surface area contributed by atoms with Crippen LogP contribution in [-0.2, 0) is 11.3 Å². The number of alkyl halides is 2. The molecule has 0 unspecified atom stereocenters. The molecule has 0 aliphatic heterocycles. The third-order valence-electron chi connectivity index (χ3n) is 4.78. The third kappa shape index (κ3) is 6.18. The number of hydrogen-bond donors (Lipinski definition) is 0. The van der Waals surface area contributed by atoms with E-state index in [-0.39, 0.29) is 17.4 Å². The molecular formula is C19H27F2NO3. The van der Waals surface area contributed by atoms with Crippen LogP contribution in [0, 0.1) is 5.92 Å². The van der Waals surface area contributed by atoms with Gasteiger partial charge in [0.15, 0.2) is 11.5 Å². The molecule has 2 rings (SSSR count). The molecule has 140 valence electrons. The van der Waals surface area contributed by atoms with E-state index in [0.29, 0.717) is 18.9 Å². The fraction of sp³-hybridized carbons (Fsp3) is 0.632. The Morgan fingerprint density at radius 2 is 1.96 bits per heavy atom. The standard InChI is InChI=1S/C19H27F2NO3/c1-22(18(23)11-9-14-6-4-3-5-7-14)13-15-8-10-16(25-19(20)21)17(12-15)24-2/h8,10,12,14,19H,3-7,9,11,13H2,1-2H3. The lowest BCUT2D eigenvalue weighted by molar-refractivity contribution is -0.130. The Balaban J connectivity index is 1.87. The molecule has 1 aromatic rings. The first-order valence-corrected chi connectivity index (χ1v) is 8.85. The summed E-state index contributed by atoms with van der Waals surface area (Å²) in [6.45, 7) is -2.49. The third-order valence-corrected chi connectivity index (χ3v) is 4.78. The van der Waals surface area contributed by atoms with E-state index >= 15 is 0 Å². The smallest absolute Gasteiger partial charge is 0.387 e. The summed E-state index contributed by atoms with van der Waals surface area (Å²) in [6.07, 6.45) is 7.86. The molecule has 0 heterocycles. The fourth-order valence-electron chi connectivity index (χ4n) is 3.36. The highest BCUT2D eigenvalue weighted by Crippen LogP contribution is 2.30. The van der Waals surface area contributed by atoms with E-state index in [4.69, 9.17) is 4.74 Å². The van der Waals surface area contributed by atoms with Gasteiger partial charge in [-0.15, -0.1) is 0 Å². The molecule has 0 saturated heterocycles. The molecule has 25 heavy (non-hydrogen) atoms. The summed E-state index contributed by atoms with van der Waals surface area (Å²) in [5.74, 6) is 1.02. The molecule has 0 atom stereocenters. The first kappa shape index (κ1) is 19.5. The maximum atomic E-state index is 12.4. The second kappa shape index (κ2) is 9.59. The van der Waals surface area contributed by atoms with Crippen molar-refractivity contribution in [2.24, 2.45) is 5.92 Å². The minimum absolute atomic E-state index is 0.00692. The highest BCUT2D eigenvalue weighted by Gasteiger charge is 2.17. The number of rotatable bonds is 8. The number of nitrogens with zero attached hydrogens (tertiary/aromatic N) is 1.